The highest BCUT2D eigenvalue weighted by Crippen LogP contribution is 2.56. The topological polar surface area (TPSA) is 120 Å². The second kappa shape index (κ2) is 7.71. The monoisotopic (exact) mass is 433 g/mol. The van der Waals surface area contributed by atoms with Gasteiger partial charge < -0.3 is 34.8 Å². The normalized spacial score (nSPS) is 42.4. The van der Waals surface area contributed by atoms with E-state index in [2.05, 4.69) is 18.0 Å². The van der Waals surface area contributed by atoms with Gasteiger partial charge in [0.15, 0.2) is 6.10 Å². The largest absolute Gasteiger partial charge is 0.479 e. The summed E-state index contributed by atoms with van der Waals surface area (Å²) in [7, 11) is 2.23. The predicted molar refractivity (Wildman–Crippen MR) is 110 cm³/mol. The van der Waals surface area contributed by atoms with Crippen LogP contribution < -0.4 is 4.74 Å². The van der Waals surface area contributed by atoms with Crippen molar-refractivity contribution < 1.29 is 34.7 Å². The molecule has 1 aromatic carbocycles. The molecule has 8 nitrogen and oxygen atoms in total. The van der Waals surface area contributed by atoms with E-state index in [0.29, 0.717) is 17.7 Å². The highest BCUT2D eigenvalue weighted by molar-refractivity contribution is 5.73. The molecule has 0 amide bonds. The van der Waals surface area contributed by atoms with Crippen LogP contribution in [0.2, 0.25) is 0 Å². The number of aliphatic hydroxyl groups is 3. The second-order valence-electron chi connectivity index (χ2n) is 9.68. The molecular weight excluding hydrogens is 402 g/mol. The lowest BCUT2D eigenvalue weighted by molar-refractivity contribution is -0.271. The lowest BCUT2D eigenvalue weighted by Crippen LogP contribution is -2.61. The number of nitrogens with zero attached hydrogens (tertiary/aromatic N) is 1. The molecule has 2 aliphatic carbocycles. The van der Waals surface area contributed by atoms with Crippen LogP contribution in [0.25, 0.3) is 0 Å². The van der Waals surface area contributed by atoms with Crippen molar-refractivity contribution in [2.24, 2.45) is 5.92 Å². The summed E-state index contributed by atoms with van der Waals surface area (Å²) in [5, 5.41) is 39.5. The molecule has 0 unspecified atom stereocenters. The molecule has 1 aromatic rings. The molecular formula is C23H31NO7. The van der Waals surface area contributed by atoms with Gasteiger partial charge in [-0.25, -0.2) is 4.79 Å². The molecule has 4 aliphatic rings. The Bertz CT molecular complexity index is 862. The Hall–Kier alpha value is -1.71. The Labute approximate surface area is 181 Å². The molecule has 0 aromatic heterocycles. The summed E-state index contributed by atoms with van der Waals surface area (Å²) in [5.41, 5.74) is 2.76. The van der Waals surface area contributed by atoms with Crippen LogP contribution >= 0.6 is 0 Å². The molecule has 2 saturated heterocycles. The van der Waals surface area contributed by atoms with Gasteiger partial charge in [-0.15, -0.1) is 0 Å². The van der Waals surface area contributed by atoms with Gasteiger partial charge in [0.1, 0.15) is 24.1 Å². The lowest BCUT2D eigenvalue weighted by atomic mass is 9.52. The molecule has 31 heavy (non-hydrogen) atoms. The number of likely N-dealkylation sites (N-methyl/N-ethyl adjacent to an activating group) is 1. The quantitative estimate of drug-likeness (QED) is 0.549. The number of carboxylic acid groups (broad SMARTS) is 1. The van der Waals surface area contributed by atoms with E-state index in [-0.39, 0.29) is 5.41 Å². The Balaban J connectivity index is 1.45. The summed E-state index contributed by atoms with van der Waals surface area (Å²) < 4.78 is 11.2. The van der Waals surface area contributed by atoms with Gasteiger partial charge in [-0.2, -0.15) is 0 Å². The zero-order valence-electron chi connectivity index (χ0n) is 17.7. The molecule has 2 heterocycles. The van der Waals surface area contributed by atoms with Gasteiger partial charge in [0, 0.05) is 11.5 Å². The number of fused-ring (bicyclic) bond motifs is 1. The number of carbonyl (C=O) groups is 1. The fourth-order valence-corrected chi connectivity index (χ4v) is 6.53. The Morgan fingerprint density at radius 1 is 1.16 bits per heavy atom. The summed E-state index contributed by atoms with van der Waals surface area (Å²) in [6.07, 6.45) is -1.03. The van der Waals surface area contributed by atoms with Crippen molar-refractivity contribution in [1.29, 1.82) is 0 Å². The first-order valence-corrected chi connectivity index (χ1v) is 11.2. The third-order valence-corrected chi connectivity index (χ3v) is 8.15. The molecule has 0 spiro atoms. The number of piperidine rings is 1. The van der Waals surface area contributed by atoms with Crippen LogP contribution in [-0.2, 0) is 21.4 Å². The lowest BCUT2D eigenvalue weighted by Gasteiger charge is -2.58. The maximum atomic E-state index is 11.4. The van der Waals surface area contributed by atoms with Gasteiger partial charge in [-0.05, 0) is 68.5 Å². The fourth-order valence-electron chi connectivity index (χ4n) is 6.53. The van der Waals surface area contributed by atoms with Crippen molar-refractivity contribution >= 4 is 5.97 Å². The fraction of sp³-hybridized carbons (Fsp3) is 0.696. The van der Waals surface area contributed by atoms with Crippen LogP contribution in [0.5, 0.6) is 5.75 Å². The van der Waals surface area contributed by atoms with Crippen molar-refractivity contribution in [3.05, 3.63) is 29.3 Å². The first-order chi connectivity index (χ1) is 14.8. The number of aliphatic carboxylic acids is 1. The van der Waals surface area contributed by atoms with Crippen LogP contribution in [0.3, 0.4) is 0 Å². The standard InChI is InChI=1S/C23H31NO7/c1-24-9-8-23-7-3-2-4-14(23)16(24)10-12-5-6-13(11-15(12)23)30-22-19(27)17(25)18(26)20(31-22)21(28)29/h5-6,11,14,16-20,22,25-27H,2-4,7-10H2,1H3,(H,28,29)/t14-,16-,17+,18+,19-,20+,22-,23+/m1/s1. The van der Waals surface area contributed by atoms with E-state index in [1.54, 1.807) is 0 Å². The van der Waals surface area contributed by atoms with Gasteiger partial charge in [0.05, 0.1) is 0 Å². The minimum atomic E-state index is -1.73. The summed E-state index contributed by atoms with van der Waals surface area (Å²) >= 11 is 0. The third-order valence-electron chi connectivity index (χ3n) is 8.15. The Morgan fingerprint density at radius 3 is 2.74 bits per heavy atom. The maximum Gasteiger partial charge on any atom is 0.335 e. The highest BCUT2D eigenvalue weighted by atomic mass is 16.7. The molecule has 170 valence electrons. The molecule has 8 heteroatoms. The summed E-state index contributed by atoms with van der Waals surface area (Å²) in [6, 6.07) is 6.47. The molecule has 4 N–H and O–H groups in total. The number of hydrogen-bond donors (Lipinski definition) is 4. The predicted octanol–water partition coefficient (Wildman–Crippen LogP) is 0.646. The first kappa shape index (κ1) is 21.2. The minimum Gasteiger partial charge on any atom is -0.479 e. The van der Waals surface area contributed by atoms with Gasteiger partial charge in [-0.3, -0.25) is 0 Å². The smallest absolute Gasteiger partial charge is 0.335 e. The van der Waals surface area contributed by atoms with E-state index in [1.165, 1.54) is 30.4 Å². The van der Waals surface area contributed by atoms with Gasteiger partial charge >= 0.3 is 5.97 Å². The average Bonchev–Trinajstić information content (AvgIpc) is 2.76. The number of rotatable bonds is 3. The molecule has 2 aliphatic heterocycles. The van der Waals surface area contributed by atoms with Crippen LogP contribution in [0.4, 0.5) is 0 Å². The van der Waals surface area contributed by atoms with Crippen LogP contribution in [0.15, 0.2) is 18.2 Å². The van der Waals surface area contributed by atoms with Crippen molar-refractivity contribution in [3.8, 4) is 5.75 Å². The van der Waals surface area contributed by atoms with Crippen molar-refractivity contribution in [2.75, 3.05) is 13.6 Å². The molecule has 0 radical (unpaired) electrons. The van der Waals surface area contributed by atoms with Gasteiger partial charge in [0.25, 0.3) is 0 Å². The summed E-state index contributed by atoms with van der Waals surface area (Å²) in [4.78, 5) is 13.9. The first-order valence-electron chi connectivity index (χ1n) is 11.2. The molecule has 3 fully saturated rings. The number of hydrogen-bond acceptors (Lipinski definition) is 7. The molecule has 1 saturated carbocycles. The number of aliphatic hydroxyl groups excluding tert-OH is 3. The van der Waals surface area contributed by atoms with E-state index < -0.39 is 36.7 Å². The second-order valence-corrected chi connectivity index (χ2v) is 9.68. The van der Waals surface area contributed by atoms with Gasteiger partial charge in [-0.1, -0.05) is 18.9 Å². The molecule has 8 atom stereocenters. The minimum absolute atomic E-state index is 0.133. The number of carboxylic acids is 1. The van der Waals surface area contributed by atoms with E-state index in [4.69, 9.17) is 9.47 Å². The molecule has 5 rings (SSSR count). The zero-order chi connectivity index (χ0) is 21.9. The van der Waals surface area contributed by atoms with Crippen molar-refractivity contribution in [2.45, 2.75) is 80.7 Å². The number of ether oxygens (including phenoxy) is 2. The Morgan fingerprint density at radius 2 is 1.97 bits per heavy atom. The third kappa shape index (κ3) is 3.27. The zero-order valence-corrected chi connectivity index (χ0v) is 17.7. The average molecular weight is 434 g/mol. The van der Waals surface area contributed by atoms with Gasteiger partial charge in [0.2, 0.25) is 6.29 Å². The van der Waals surface area contributed by atoms with Crippen LogP contribution in [0, 0.1) is 5.92 Å². The SMILES string of the molecule is CN1CC[C@@]23CCCC[C@@H]2[C@H]1Cc1ccc(O[C@@H]2O[C@H](C(=O)O)[C@@H](O)[C@H](O)[C@H]2O)cc13. The molecule has 2 bridgehead atoms. The number of benzene rings is 1. The van der Waals surface area contributed by atoms with Crippen LogP contribution in [0.1, 0.15) is 43.2 Å². The van der Waals surface area contributed by atoms with Crippen molar-refractivity contribution in [1.82, 2.24) is 4.90 Å². The maximum absolute atomic E-state index is 11.4. The van der Waals surface area contributed by atoms with E-state index >= 15 is 0 Å². The van der Waals surface area contributed by atoms with Crippen molar-refractivity contribution in [3.63, 3.8) is 0 Å². The Kier molecular flexibility index (Phi) is 5.26. The van der Waals surface area contributed by atoms with Crippen LogP contribution in [-0.4, -0.2) is 81.6 Å². The highest BCUT2D eigenvalue weighted by Gasteiger charge is 2.53. The number of likely N-dealkylation sites (tertiary alicyclic amines) is 1. The summed E-state index contributed by atoms with van der Waals surface area (Å²) in [5.74, 6) is -0.321. The summed E-state index contributed by atoms with van der Waals surface area (Å²) in [6.45, 7) is 1.07. The van der Waals surface area contributed by atoms with E-state index in [9.17, 15) is 25.2 Å². The van der Waals surface area contributed by atoms with E-state index in [1.807, 2.05) is 12.1 Å². The van der Waals surface area contributed by atoms with E-state index in [0.717, 1.165) is 25.8 Å².